The summed E-state index contributed by atoms with van der Waals surface area (Å²) < 4.78 is 47.4. The van der Waals surface area contributed by atoms with Crippen molar-refractivity contribution in [1.82, 2.24) is 29.3 Å². The summed E-state index contributed by atoms with van der Waals surface area (Å²) in [6.45, 7) is 6.39. The molecular weight excluding hydrogens is 577 g/mol. The van der Waals surface area contributed by atoms with Crippen molar-refractivity contribution in [1.29, 1.82) is 0 Å². The van der Waals surface area contributed by atoms with E-state index in [-0.39, 0.29) is 24.0 Å². The monoisotopic (exact) mass is 606 g/mol. The molecule has 0 aliphatic carbocycles. The second-order valence-corrected chi connectivity index (χ2v) is 11.5. The maximum Gasteiger partial charge on any atom is 0.266 e. The Kier molecular flexibility index (Phi) is 7.12. The lowest BCUT2D eigenvalue weighted by Crippen LogP contribution is -2.29. The van der Waals surface area contributed by atoms with E-state index >= 15 is 0 Å². The number of nitrogens with one attached hydrogen (secondary N) is 2. The Morgan fingerprint density at radius 2 is 1.91 bits per heavy atom. The molecule has 7 rings (SSSR count). The summed E-state index contributed by atoms with van der Waals surface area (Å²) in [5.74, 6) is 0.438. The van der Waals surface area contributed by atoms with Crippen LogP contribution in [-0.2, 0) is 13.0 Å². The van der Waals surface area contributed by atoms with E-state index in [0.717, 1.165) is 31.6 Å². The van der Waals surface area contributed by atoms with Gasteiger partial charge in [-0.25, -0.2) is 23.1 Å². The van der Waals surface area contributed by atoms with Gasteiger partial charge in [0.05, 0.1) is 29.2 Å². The summed E-state index contributed by atoms with van der Waals surface area (Å²) in [5.41, 5.74) is 3.58. The number of H-pyrrole nitrogens is 1. The first-order chi connectivity index (χ1) is 20.9. The number of aromatic amines is 1. The highest BCUT2D eigenvalue weighted by molar-refractivity contribution is 6.36. The first-order valence-electron chi connectivity index (χ1n) is 14.4. The van der Waals surface area contributed by atoms with Crippen molar-refractivity contribution in [2.45, 2.75) is 50.9 Å². The molecule has 0 bridgehead atoms. The van der Waals surface area contributed by atoms with E-state index in [4.69, 9.17) is 16.7 Å². The van der Waals surface area contributed by atoms with E-state index in [1.807, 2.05) is 24.3 Å². The predicted molar refractivity (Wildman–Crippen MR) is 162 cm³/mol. The van der Waals surface area contributed by atoms with Gasteiger partial charge in [0, 0.05) is 60.6 Å². The third-order valence-corrected chi connectivity index (χ3v) is 8.66. The maximum atomic E-state index is 14.9. The second kappa shape index (κ2) is 11.1. The molecule has 0 radical (unpaired) electrons. The molecule has 2 aliphatic heterocycles. The zero-order chi connectivity index (χ0) is 29.7. The van der Waals surface area contributed by atoms with Gasteiger partial charge in [0.1, 0.15) is 17.7 Å². The molecule has 1 unspecified atom stereocenters. The van der Waals surface area contributed by atoms with Gasteiger partial charge in [-0.1, -0.05) is 30.3 Å². The second-order valence-electron chi connectivity index (χ2n) is 11.1. The number of hydrogen-bond acceptors (Lipinski definition) is 5. The summed E-state index contributed by atoms with van der Waals surface area (Å²) in [7, 11) is 0. The average molecular weight is 607 g/mol. The lowest BCUT2D eigenvalue weighted by molar-refractivity contribution is 0.153. The molecule has 2 N–H and O–H groups in total. The first kappa shape index (κ1) is 27.6. The Balaban J connectivity index is 1.33. The number of alkyl halides is 3. The van der Waals surface area contributed by atoms with Crippen LogP contribution in [0.25, 0.3) is 22.0 Å². The van der Waals surface area contributed by atoms with Crippen molar-refractivity contribution in [3.05, 3.63) is 89.5 Å². The van der Waals surface area contributed by atoms with Crippen molar-refractivity contribution in [3.63, 3.8) is 0 Å². The van der Waals surface area contributed by atoms with E-state index in [2.05, 4.69) is 31.7 Å². The molecule has 2 aliphatic rings. The smallest absolute Gasteiger partial charge is 0.266 e. The van der Waals surface area contributed by atoms with Crippen LogP contribution in [0.1, 0.15) is 48.7 Å². The number of imidazole rings is 2. The van der Waals surface area contributed by atoms with Crippen molar-refractivity contribution in [2.75, 3.05) is 23.3 Å². The highest BCUT2D eigenvalue weighted by Gasteiger charge is 2.33. The maximum absolute atomic E-state index is 14.9. The molecule has 222 valence electrons. The van der Waals surface area contributed by atoms with Crippen LogP contribution in [-0.4, -0.2) is 48.6 Å². The minimum absolute atomic E-state index is 0.0904. The number of rotatable bonds is 8. The highest BCUT2D eigenvalue weighted by Crippen LogP contribution is 2.42. The molecule has 3 aromatic heterocycles. The van der Waals surface area contributed by atoms with Gasteiger partial charge >= 0.3 is 0 Å². The van der Waals surface area contributed by atoms with Gasteiger partial charge < -0.3 is 19.8 Å². The van der Waals surface area contributed by atoms with Crippen molar-refractivity contribution < 1.29 is 13.2 Å². The van der Waals surface area contributed by atoms with Crippen molar-refractivity contribution >= 4 is 34.1 Å². The van der Waals surface area contributed by atoms with Gasteiger partial charge in [-0.2, -0.15) is 5.10 Å². The van der Waals surface area contributed by atoms with E-state index in [1.54, 1.807) is 35.6 Å². The Hall–Kier alpha value is -4.25. The third-order valence-electron chi connectivity index (χ3n) is 8.34. The number of hydrogen-bond donors (Lipinski definition) is 2. The number of allylic oxidation sites excluding steroid dienone is 1. The van der Waals surface area contributed by atoms with Gasteiger partial charge in [-0.05, 0) is 48.6 Å². The molecule has 0 spiro atoms. The number of nitrogens with zero attached hydrogens (tertiary/aromatic N) is 6. The molecule has 1 fully saturated rings. The largest absolute Gasteiger partial charge is 0.372 e. The van der Waals surface area contributed by atoms with Crippen LogP contribution in [0.3, 0.4) is 0 Å². The zero-order valence-corrected chi connectivity index (χ0v) is 24.0. The van der Waals surface area contributed by atoms with E-state index in [9.17, 15) is 13.2 Å². The molecule has 2 aromatic carbocycles. The minimum atomic E-state index is -2.81. The van der Waals surface area contributed by atoms with Gasteiger partial charge in [0.2, 0.25) is 5.95 Å². The van der Waals surface area contributed by atoms with E-state index in [0.29, 0.717) is 44.6 Å². The van der Waals surface area contributed by atoms with Crippen LogP contribution in [0.4, 0.5) is 24.8 Å². The lowest BCUT2D eigenvalue weighted by Gasteiger charge is -2.29. The average Bonchev–Trinajstić information content (AvgIpc) is 3.80. The fraction of sp³-hybridized carbons (Fsp3) is 0.323. The summed E-state index contributed by atoms with van der Waals surface area (Å²) in [5, 5.41) is 8.49. The minimum Gasteiger partial charge on any atom is -0.372 e. The lowest BCUT2D eigenvalue weighted by atomic mass is 9.97. The molecule has 0 amide bonds. The van der Waals surface area contributed by atoms with E-state index in [1.165, 1.54) is 11.1 Å². The van der Waals surface area contributed by atoms with Gasteiger partial charge in [0.15, 0.2) is 0 Å². The summed E-state index contributed by atoms with van der Waals surface area (Å²) in [4.78, 5) is 14.1. The number of halogens is 4. The number of fused-ring (bicyclic) bond motifs is 2. The molecule has 2 atom stereocenters. The predicted octanol–water partition coefficient (Wildman–Crippen LogP) is 7.31. The number of anilines is 2. The molecule has 12 heteroatoms. The van der Waals surface area contributed by atoms with Crippen molar-refractivity contribution in [3.8, 4) is 11.1 Å². The molecule has 5 heterocycles. The summed E-state index contributed by atoms with van der Waals surface area (Å²) >= 11 is 6.76. The fourth-order valence-corrected chi connectivity index (χ4v) is 6.54. The van der Waals surface area contributed by atoms with Crippen LogP contribution < -0.4 is 10.2 Å². The van der Waals surface area contributed by atoms with Crippen LogP contribution >= 0.6 is 11.6 Å². The third kappa shape index (κ3) is 5.05. The highest BCUT2D eigenvalue weighted by atomic mass is 35.5. The van der Waals surface area contributed by atoms with Gasteiger partial charge in [-0.3, -0.25) is 4.68 Å². The Morgan fingerprint density at radius 3 is 2.63 bits per heavy atom. The van der Waals surface area contributed by atoms with Crippen molar-refractivity contribution in [2.24, 2.45) is 0 Å². The molecule has 43 heavy (non-hydrogen) atoms. The Labute approximate surface area is 251 Å². The molecular formula is C31H30ClF3N8. The molecule has 1 saturated heterocycles. The Bertz CT molecular complexity index is 1770. The Morgan fingerprint density at radius 1 is 1.12 bits per heavy atom. The summed E-state index contributed by atoms with van der Waals surface area (Å²) in [6.07, 6.45) is 6.31. The van der Waals surface area contributed by atoms with Gasteiger partial charge in [-0.15, -0.1) is 0 Å². The van der Waals surface area contributed by atoms with Crippen LogP contribution in [0.2, 0.25) is 5.02 Å². The quantitative estimate of drug-likeness (QED) is 0.194. The SMILES string of the molecule is C=C(Nc1ncc[nH]1)C(c1ncn2c1C[C@@H](F)C2)n1cc2c(Cl)cc(-c3ccc(N4CCCCC4)cc3)c(C(F)F)c2n1. The topological polar surface area (TPSA) is 79.6 Å². The normalized spacial score (nSPS) is 17.5. The van der Waals surface area contributed by atoms with Crippen LogP contribution in [0.15, 0.2) is 67.5 Å². The molecule has 8 nitrogen and oxygen atoms in total. The number of benzene rings is 2. The van der Waals surface area contributed by atoms with E-state index < -0.39 is 18.6 Å². The van der Waals surface area contributed by atoms with Crippen LogP contribution in [0.5, 0.6) is 0 Å². The first-order valence-corrected chi connectivity index (χ1v) is 14.7. The number of piperidine rings is 1. The molecule has 5 aromatic rings. The summed E-state index contributed by atoms with van der Waals surface area (Å²) in [6, 6.07) is 8.51. The fourth-order valence-electron chi connectivity index (χ4n) is 6.29. The molecule has 0 saturated carbocycles. The van der Waals surface area contributed by atoms with Crippen LogP contribution in [0, 0.1) is 0 Å². The van der Waals surface area contributed by atoms with Gasteiger partial charge in [0.25, 0.3) is 6.43 Å². The number of aromatic nitrogens is 6. The zero-order valence-electron chi connectivity index (χ0n) is 23.3. The standard InChI is InChI=1S/C31H30ClF3N8/c1-18(39-31-36-9-10-37-31)29(28-25-13-20(33)15-42(25)17-38-28)43-16-23-24(32)14-22(26(30(34)35)27(23)40-43)19-5-7-21(8-6-19)41-11-3-2-4-12-41/h5-10,14,16-17,20,29-30H,1-4,11-13,15H2,(H2,36,37,39)/t20-,29?/m1/s1.